The van der Waals surface area contributed by atoms with Crippen molar-refractivity contribution in [3.63, 3.8) is 0 Å². The Hall–Kier alpha value is -3.93. The molecule has 3 N–H and O–H groups in total. The Morgan fingerprint density at radius 3 is 2.47 bits per heavy atom. The molecule has 12 nitrogen and oxygen atoms in total. The van der Waals surface area contributed by atoms with Crippen molar-refractivity contribution in [1.29, 1.82) is 0 Å². The van der Waals surface area contributed by atoms with Gasteiger partial charge in [0.25, 0.3) is 11.8 Å². The number of imide groups is 1. The molecular formula is C20H24N6O6. The number of urea groups is 1. The van der Waals surface area contributed by atoms with Crippen molar-refractivity contribution in [2.24, 2.45) is 0 Å². The zero-order chi connectivity index (χ0) is 23.5. The number of likely N-dealkylation sites (N-methyl/N-ethyl adjacent to an activating group) is 1. The number of nitrogens with one attached hydrogen (secondary N) is 3. The molecule has 12 heteroatoms. The van der Waals surface area contributed by atoms with E-state index in [1.54, 1.807) is 51.2 Å². The molecule has 1 aromatic heterocycles. The molecule has 0 spiro atoms. The van der Waals surface area contributed by atoms with Crippen LogP contribution in [0.4, 0.5) is 10.6 Å². The number of rotatable bonds is 8. The number of nitrogens with zero attached hydrogens (tertiary/aromatic N) is 3. The third-order valence-corrected chi connectivity index (χ3v) is 4.82. The zero-order valence-corrected chi connectivity index (χ0v) is 18.1. The molecule has 1 saturated heterocycles. The van der Waals surface area contributed by atoms with Gasteiger partial charge in [0, 0.05) is 6.07 Å². The highest BCUT2D eigenvalue weighted by atomic mass is 16.5. The van der Waals surface area contributed by atoms with Gasteiger partial charge in [0.15, 0.2) is 5.82 Å². The molecule has 2 heterocycles. The first kappa shape index (κ1) is 22.7. The quantitative estimate of drug-likeness (QED) is 0.495. The van der Waals surface area contributed by atoms with Gasteiger partial charge < -0.3 is 19.9 Å². The van der Waals surface area contributed by atoms with Crippen molar-refractivity contribution < 1.29 is 28.4 Å². The minimum atomic E-state index is -1.35. The molecule has 32 heavy (non-hydrogen) atoms. The lowest BCUT2D eigenvalue weighted by Gasteiger charge is -2.23. The Bertz CT molecular complexity index is 1040. The molecule has 1 aliphatic rings. The third kappa shape index (κ3) is 4.86. The molecule has 0 bridgehead atoms. The number of carbonyl (C=O) groups is 4. The van der Waals surface area contributed by atoms with Crippen molar-refractivity contribution in [2.75, 3.05) is 32.6 Å². The Balaban J connectivity index is 1.56. The van der Waals surface area contributed by atoms with Crippen molar-refractivity contribution in [3.8, 4) is 5.75 Å². The van der Waals surface area contributed by atoms with E-state index in [4.69, 9.17) is 9.26 Å². The predicted octanol–water partition coefficient (Wildman–Crippen LogP) is 0.360. The van der Waals surface area contributed by atoms with Crippen LogP contribution in [0.2, 0.25) is 0 Å². The van der Waals surface area contributed by atoms with Gasteiger partial charge in [-0.25, -0.2) is 4.79 Å². The first-order valence-corrected chi connectivity index (χ1v) is 9.65. The Labute approximate surface area is 183 Å². The molecule has 1 aliphatic heterocycles. The van der Waals surface area contributed by atoms with E-state index < -0.39 is 29.3 Å². The highest BCUT2D eigenvalue weighted by Crippen LogP contribution is 2.29. The second kappa shape index (κ2) is 9.06. The SMILES string of the molecule is COc1ccc(C2(C)NC(=O)N(NC(=O)CN(C)CC(=O)Nc3cc(C)on3)C2=O)cc1. The summed E-state index contributed by atoms with van der Waals surface area (Å²) in [4.78, 5) is 51.1. The number of anilines is 1. The monoisotopic (exact) mass is 444 g/mol. The number of hydrazine groups is 1. The van der Waals surface area contributed by atoms with Crippen LogP contribution < -0.4 is 20.8 Å². The molecule has 5 amide bonds. The summed E-state index contributed by atoms with van der Waals surface area (Å²) in [6.07, 6.45) is 0. The third-order valence-electron chi connectivity index (χ3n) is 4.82. The highest BCUT2D eigenvalue weighted by Gasteiger charge is 2.50. The normalized spacial score (nSPS) is 18.0. The molecule has 2 aromatic rings. The summed E-state index contributed by atoms with van der Waals surface area (Å²) in [6, 6.07) is 7.45. The number of hydrogen-bond acceptors (Lipinski definition) is 8. The molecule has 1 aromatic carbocycles. The summed E-state index contributed by atoms with van der Waals surface area (Å²) in [6.45, 7) is 2.88. The van der Waals surface area contributed by atoms with Crippen LogP contribution >= 0.6 is 0 Å². The number of hydrogen-bond donors (Lipinski definition) is 3. The number of aromatic nitrogens is 1. The summed E-state index contributed by atoms with van der Waals surface area (Å²) in [5.74, 6) is -0.269. The van der Waals surface area contributed by atoms with Gasteiger partial charge in [0.2, 0.25) is 5.91 Å². The number of carbonyl (C=O) groups excluding carboxylic acids is 4. The largest absolute Gasteiger partial charge is 0.497 e. The maximum absolute atomic E-state index is 12.9. The fourth-order valence-electron chi connectivity index (χ4n) is 3.17. The van der Waals surface area contributed by atoms with E-state index in [1.165, 1.54) is 12.0 Å². The zero-order valence-electron chi connectivity index (χ0n) is 18.1. The van der Waals surface area contributed by atoms with E-state index in [2.05, 4.69) is 21.2 Å². The van der Waals surface area contributed by atoms with Gasteiger partial charge in [-0.2, -0.15) is 5.01 Å². The molecule has 0 saturated carbocycles. The predicted molar refractivity (Wildman–Crippen MR) is 111 cm³/mol. The maximum atomic E-state index is 12.9. The van der Waals surface area contributed by atoms with Crippen molar-refractivity contribution in [2.45, 2.75) is 19.4 Å². The molecule has 3 rings (SSSR count). The van der Waals surface area contributed by atoms with Crippen molar-refractivity contribution in [1.82, 2.24) is 25.8 Å². The molecular weight excluding hydrogens is 420 g/mol. The lowest BCUT2D eigenvalue weighted by molar-refractivity contribution is -0.139. The van der Waals surface area contributed by atoms with Crippen LogP contribution in [-0.4, -0.2) is 66.1 Å². The fraction of sp³-hybridized carbons (Fsp3) is 0.350. The first-order chi connectivity index (χ1) is 15.1. The van der Waals surface area contributed by atoms with Gasteiger partial charge in [0.1, 0.15) is 17.0 Å². The van der Waals surface area contributed by atoms with E-state index in [0.29, 0.717) is 22.1 Å². The van der Waals surface area contributed by atoms with Gasteiger partial charge in [-0.3, -0.25) is 24.7 Å². The number of benzene rings is 1. The Morgan fingerprint density at radius 1 is 1.22 bits per heavy atom. The topological polar surface area (TPSA) is 146 Å². The molecule has 170 valence electrons. The minimum Gasteiger partial charge on any atom is -0.497 e. The van der Waals surface area contributed by atoms with E-state index in [1.807, 2.05) is 0 Å². The highest BCUT2D eigenvalue weighted by molar-refractivity contribution is 6.08. The summed E-state index contributed by atoms with van der Waals surface area (Å²) >= 11 is 0. The van der Waals surface area contributed by atoms with Crippen LogP contribution in [0.1, 0.15) is 18.2 Å². The second-order valence-corrected chi connectivity index (χ2v) is 7.50. The van der Waals surface area contributed by atoms with Crippen LogP contribution in [0.3, 0.4) is 0 Å². The van der Waals surface area contributed by atoms with Gasteiger partial charge in [-0.1, -0.05) is 17.3 Å². The standard InChI is InChI=1S/C20H24N6O6/c1-12-9-15(24-32-12)21-16(27)10-25(3)11-17(28)23-26-18(29)20(2,22-19(26)30)13-5-7-14(31-4)8-6-13/h5-9H,10-11H2,1-4H3,(H,22,30)(H,23,28)(H,21,24,27). The van der Waals surface area contributed by atoms with Gasteiger partial charge in [-0.05, 0) is 38.6 Å². The van der Waals surface area contributed by atoms with Crippen LogP contribution in [0, 0.1) is 6.92 Å². The lowest BCUT2D eigenvalue weighted by Crippen LogP contribution is -2.50. The van der Waals surface area contributed by atoms with Crippen LogP contribution in [-0.2, 0) is 19.9 Å². The molecule has 0 radical (unpaired) electrons. The number of ether oxygens (including phenoxy) is 1. The van der Waals surface area contributed by atoms with E-state index in [9.17, 15) is 19.2 Å². The minimum absolute atomic E-state index is 0.122. The van der Waals surface area contributed by atoms with Crippen LogP contribution in [0.15, 0.2) is 34.9 Å². The molecule has 1 fully saturated rings. The first-order valence-electron chi connectivity index (χ1n) is 9.65. The number of amides is 5. The van der Waals surface area contributed by atoms with Gasteiger partial charge >= 0.3 is 6.03 Å². The average Bonchev–Trinajstić information content (AvgIpc) is 3.23. The summed E-state index contributed by atoms with van der Waals surface area (Å²) in [5.41, 5.74) is 1.47. The van der Waals surface area contributed by atoms with Gasteiger partial charge in [0.05, 0.1) is 20.2 Å². The van der Waals surface area contributed by atoms with Crippen LogP contribution in [0.25, 0.3) is 0 Å². The smallest absolute Gasteiger partial charge is 0.344 e. The molecule has 0 aliphatic carbocycles. The molecule has 1 unspecified atom stereocenters. The van der Waals surface area contributed by atoms with Gasteiger partial charge in [-0.15, -0.1) is 0 Å². The number of methoxy groups -OCH3 is 1. The summed E-state index contributed by atoms with van der Waals surface area (Å²) in [5, 5.41) is 9.42. The van der Waals surface area contributed by atoms with Crippen LogP contribution in [0.5, 0.6) is 5.75 Å². The average molecular weight is 444 g/mol. The Kier molecular flexibility index (Phi) is 6.44. The maximum Gasteiger partial charge on any atom is 0.344 e. The summed E-state index contributed by atoms with van der Waals surface area (Å²) < 4.78 is 9.97. The van der Waals surface area contributed by atoms with Crippen molar-refractivity contribution in [3.05, 3.63) is 41.7 Å². The van der Waals surface area contributed by atoms with E-state index >= 15 is 0 Å². The second-order valence-electron chi connectivity index (χ2n) is 7.50. The lowest BCUT2D eigenvalue weighted by atomic mass is 9.92. The Morgan fingerprint density at radius 2 is 1.88 bits per heavy atom. The molecule has 1 atom stereocenters. The number of aryl methyl sites for hydroxylation is 1. The van der Waals surface area contributed by atoms with E-state index in [0.717, 1.165) is 0 Å². The van der Waals surface area contributed by atoms with E-state index in [-0.39, 0.29) is 18.9 Å². The van der Waals surface area contributed by atoms with Crippen molar-refractivity contribution >= 4 is 29.6 Å². The summed E-state index contributed by atoms with van der Waals surface area (Å²) in [7, 11) is 3.06. The fourth-order valence-corrected chi connectivity index (χ4v) is 3.17.